The number of hydrogen-bond donors (Lipinski definition) is 0. The molecule has 0 atom stereocenters. The van der Waals surface area contributed by atoms with Gasteiger partial charge < -0.3 is 9.47 Å². The van der Waals surface area contributed by atoms with Gasteiger partial charge in [-0.2, -0.15) is 8.42 Å². The highest BCUT2D eigenvalue weighted by atomic mass is 32.2. The van der Waals surface area contributed by atoms with E-state index in [9.17, 15) is 13.2 Å². The Morgan fingerprint density at radius 3 is 2.46 bits per heavy atom. The van der Waals surface area contributed by atoms with Crippen LogP contribution in [0.25, 0.3) is 0 Å². The third-order valence-electron chi connectivity index (χ3n) is 0.955. The van der Waals surface area contributed by atoms with Crippen molar-refractivity contribution < 1.29 is 26.9 Å². The highest BCUT2D eigenvalue weighted by Crippen LogP contribution is 1.96. The molecule has 0 amide bonds. The third kappa shape index (κ3) is 6.35. The van der Waals surface area contributed by atoms with Gasteiger partial charge in [0.25, 0.3) is 0 Å². The molecule has 0 spiro atoms. The van der Waals surface area contributed by atoms with Gasteiger partial charge in [-0.05, 0) is 6.42 Å². The monoisotopic (exact) mass is 212 g/mol. The van der Waals surface area contributed by atoms with E-state index in [0.29, 0.717) is 6.42 Å². The molecular weight excluding hydrogens is 200 g/mol. The molecular formula is C6H12O6S. The highest BCUT2D eigenvalue weighted by Gasteiger charge is 2.14. The highest BCUT2D eigenvalue weighted by molar-refractivity contribution is 7.86. The van der Waals surface area contributed by atoms with Crippen molar-refractivity contribution in [3.8, 4) is 0 Å². The minimum Gasteiger partial charge on any atom is -0.438 e. The molecule has 0 unspecified atom stereocenters. The van der Waals surface area contributed by atoms with E-state index in [1.807, 2.05) is 0 Å². The second-order valence-electron chi connectivity index (χ2n) is 2.10. The Hall–Kier alpha value is -0.820. The topological polar surface area (TPSA) is 78.9 Å². The Bertz CT molecular complexity index is 244. The molecule has 0 N–H and O–H groups in total. The second-order valence-corrected chi connectivity index (χ2v) is 3.68. The van der Waals surface area contributed by atoms with Gasteiger partial charge in [-0.25, -0.2) is 4.79 Å². The average Bonchev–Trinajstić information content (AvgIpc) is 2.11. The van der Waals surface area contributed by atoms with Crippen LogP contribution in [0.3, 0.4) is 0 Å². The van der Waals surface area contributed by atoms with Crippen LogP contribution in [-0.4, -0.2) is 34.2 Å². The number of carbonyl (C=O) groups is 1. The second kappa shape index (κ2) is 5.76. The lowest BCUT2D eigenvalue weighted by Crippen LogP contribution is -2.17. The van der Waals surface area contributed by atoms with Crippen molar-refractivity contribution in [3.05, 3.63) is 0 Å². The van der Waals surface area contributed by atoms with E-state index in [-0.39, 0.29) is 6.61 Å². The maximum Gasteiger partial charge on any atom is 0.509 e. The molecule has 0 heterocycles. The van der Waals surface area contributed by atoms with Crippen LogP contribution >= 0.6 is 0 Å². The van der Waals surface area contributed by atoms with Crippen LogP contribution in [0.2, 0.25) is 0 Å². The smallest absolute Gasteiger partial charge is 0.438 e. The number of carbonyl (C=O) groups excluding carboxylic acids is 1. The van der Waals surface area contributed by atoms with Crippen molar-refractivity contribution in [2.24, 2.45) is 0 Å². The largest absolute Gasteiger partial charge is 0.509 e. The van der Waals surface area contributed by atoms with Crippen molar-refractivity contribution >= 4 is 16.3 Å². The number of ether oxygens (including phenoxy) is 2. The third-order valence-corrected chi connectivity index (χ3v) is 1.89. The summed E-state index contributed by atoms with van der Waals surface area (Å²) in [5.41, 5.74) is 0. The molecule has 13 heavy (non-hydrogen) atoms. The molecule has 0 aliphatic rings. The Kier molecular flexibility index (Phi) is 5.40. The lowest BCUT2D eigenvalue weighted by Gasteiger charge is -2.04. The summed E-state index contributed by atoms with van der Waals surface area (Å²) < 4.78 is 34.4. The first-order chi connectivity index (χ1) is 6.02. The Morgan fingerprint density at radius 2 is 2.00 bits per heavy atom. The zero-order valence-corrected chi connectivity index (χ0v) is 8.30. The Labute approximate surface area is 76.9 Å². The van der Waals surface area contributed by atoms with E-state index in [2.05, 4.69) is 13.7 Å². The fourth-order valence-electron chi connectivity index (χ4n) is 0.424. The fraction of sp³-hybridized carbons (Fsp3) is 0.833. The van der Waals surface area contributed by atoms with Crippen molar-refractivity contribution in [2.75, 3.05) is 19.7 Å². The van der Waals surface area contributed by atoms with Crippen LogP contribution in [-0.2, 0) is 23.8 Å². The number of methoxy groups -OCH3 is 1. The predicted octanol–water partition coefficient (Wildman–Crippen LogP) is 0.483. The normalized spacial score (nSPS) is 10.9. The van der Waals surface area contributed by atoms with Crippen LogP contribution in [0.1, 0.15) is 13.3 Å². The molecule has 0 aromatic heterocycles. The summed E-state index contributed by atoms with van der Waals surface area (Å²) >= 11 is 0. The van der Waals surface area contributed by atoms with Gasteiger partial charge in [-0.15, -0.1) is 0 Å². The molecule has 0 radical (unpaired) electrons. The minimum atomic E-state index is -3.77. The van der Waals surface area contributed by atoms with Crippen molar-refractivity contribution in [1.29, 1.82) is 0 Å². The maximum atomic E-state index is 10.9. The van der Waals surface area contributed by atoms with Gasteiger partial charge in [0.1, 0.15) is 0 Å². The lowest BCUT2D eigenvalue weighted by molar-refractivity contribution is 0.0837. The Balaban J connectivity index is 3.83. The SMILES string of the molecule is CCCOS(=O)(=O)COC(=O)OC. The van der Waals surface area contributed by atoms with E-state index in [1.54, 1.807) is 6.92 Å². The van der Waals surface area contributed by atoms with Gasteiger partial charge in [0.05, 0.1) is 13.7 Å². The molecule has 7 heteroatoms. The molecule has 0 aromatic rings. The summed E-state index contributed by atoms with van der Waals surface area (Å²) in [6.45, 7) is 1.84. The van der Waals surface area contributed by atoms with Gasteiger partial charge in [0.2, 0.25) is 5.94 Å². The summed E-state index contributed by atoms with van der Waals surface area (Å²) in [7, 11) is -2.69. The van der Waals surface area contributed by atoms with Gasteiger partial charge in [0.15, 0.2) is 0 Å². The van der Waals surface area contributed by atoms with Crippen LogP contribution in [0.5, 0.6) is 0 Å². The van der Waals surface area contributed by atoms with E-state index in [4.69, 9.17) is 0 Å². The fourth-order valence-corrected chi connectivity index (χ4v) is 1.15. The molecule has 0 aromatic carbocycles. The van der Waals surface area contributed by atoms with E-state index >= 15 is 0 Å². The summed E-state index contributed by atoms with van der Waals surface area (Å²) in [4.78, 5) is 10.4. The van der Waals surface area contributed by atoms with Crippen molar-refractivity contribution in [1.82, 2.24) is 0 Å². The molecule has 0 bridgehead atoms. The molecule has 0 aliphatic carbocycles. The minimum absolute atomic E-state index is 0.0763. The summed E-state index contributed by atoms with van der Waals surface area (Å²) in [6.07, 6.45) is -0.485. The first-order valence-electron chi connectivity index (χ1n) is 3.59. The van der Waals surface area contributed by atoms with Crippen molar-refractivity contribution in [3.63, 3.8) is 0 Å². The quantitative estimate of drug-likeness (QED) is 0.487. The molecule has 0 aliphatic heterocycles. The molecule has 0 fully saturated rings. The first kappa shape index (κ1) is 12.2. The lowest BCUT2D eigenvalue weighted by atomic mass is 10.5. The zero-order valence-electron chi connectivity index (χ0n) is 7.48. The molecule has 0 saturated heterocycles. The summed E-state index contributed by atoms with van der Waals surface area (Å²) in [5, 5.41) is 0. The summed E-state index contributed by atoms with van der Waals surface area (Å²) in [6, 6.07) is 0. The van der Waals surface area contributed by atoms with Crippen LogP contribution in [0, 0.1) is 0 Å². The molecule has 0 rings (SSSR count). The maximum absolute atomic E-state index is 10.9. The van der Waals surface area contributed by atoms with Gasteiger partial charge >= 0.3 is 16.3 Å². The first-order valence-corrected chi connectivity index (χ1v) is 5.17. The number of rotatable bonds is 5. The molecule has 0 saturated carbocycles. The van der Waals surface area contributed by atoms with Crippen molar-refractivity contribution in [2.45, 2.75) is 13.3 Å². The average molecular weight is 212 g/mol. The summed E-state index contributed by atoms with van der Waals surface area (Å²) in [5.74, 6) is -0.820. The standard InChI is InChI=1S/C6H12O6S/c1-3-4-12-13(8,9)5-11-6(7)10-2/h3-5H2,1-2H3. The predicted molar refractivity (Wildman–Crippen MR) is 43.5 cm³/mol. The van der Waals surface area contributed by atoms with Crippen LogP contribution in [0.4, 0.5) is 4.79 Å². The van der Waals surface area contributed by atoms with Gasteiger partial charge in [-0.3, -0.25) is 4.18 Å². The Morgan fingerprint density at radius 1 is 1.38 bits per heavy atom. The van der Waals surface area contributed by atoms with Gasteiger partial charge in [0, 0.05) is 0 Å². The zero-order chi connectivity index (χ0) is 10.3. The van der Waals surface area contributed by atoms with Gasteiger partial charge in [-0.1, -0.05) is 6.92 Å². The molecule has 6 nitrogen and oxygen atoms in total. The van der Waals surface area contributed by atoms with E-state index in [0.717, 1.165) is 7.11 Å². The van der Waals surface area contributed by atoms with Crippen LogP contribution < -0.4 is 0 Å². The van der Waals surface area contributed by atoms with Crippen LogP contribution in [0.15, 0.2) is 0 Å². The van der Waals surface area contributed by atoms with E-state index < -0.39 is 22.2 Å². The number of hydrogen-bond acceptors (Lipinski definition) is 6. The molecule has 78 valence electrons. The van der Waals surface area contributed by atoms with E-state index in [1.165, 1.54) is 0 Å².